The van der Waals surface area contributed by atoms with Gasteiger partial charge in [0.05, 0.1) is 11.1 Å². The zero-order valence-corrected chi connectivity index (χ0v) is 7.70. The molecule has 1 nitrogen and oxygen atoms in total. The molecule has 0 heterocycles. The van der Waals surface area contributed by atoms with Crippen molar-refractivity contribution >= 4 is 29.2 Å². The summed E-state index contributed by atoms with van der Waals surface area (Å²) in [6.45, 7) is 0. The second-order valence-electron chi connectivity index (χ2n) is 2.34. The monoisotopic (exact) mass is 203 g/mol. The lowest BCUT2D eigenvalue weighted by Gasteiger charge is -2.05. The van der Waals surface area contributed by atoms with E-state index < -0.39 is 5.82 Å². The van der Waals surface area contributed by atoms with Crippen molar-refractivity contribution in [1.29, 1.82) is 0 Å². The van der Waals surface area contributed by atoms with Gasteiger partial charge in [-0.2, -0.15) is 0 Å². The summed E-state index contributed by atoms with van der Waals surface area (Å²) in [6, 6.07) is 3.95. The summed E-state index contributed by atoms with van der Waals surface area (Å²) in [5.41, 5.74) is 6.29. The maximum absolute atomic E-state index is 12.7. The van der Waals surface area contributed by atoms with Gasteiger partial charge in [-0.15, -0.1) is 0 Å². The molecule has 1 unspecified atom stereocenters. The number of nitrogens with two attached hydrogens (primary N) is 1. The quantitative estimate of drug-likeness (QED) is 0.748. The van der Waals surface area contributed by atoms with Crippen molar-refractivity contribution in [3.63, 3.8) is 0 Å². The van der Waals surface area contributed by atoms with Crippen LogP contribution >= 0.6 is 23.8 Å². The molecule has 0 fully saturated rings. The molecular formula is C8H7ClFNS. The van der Waals surface area contributed by atoms with Crippen LogP contribution in [0, 0.1) is 5.82 Å². The maximum atomic E-state index is 12.7. The van der Waals surface area contributed by atoms with Gasteiger partial charge in [-0.3, -0.25) is 0 Å². The largest absolute Gasteiger partial charge is 0.320 e. The van der Waals surface area contributed by atoms with Crippen molar-refractivity contribution in [1.82, 2.24) is 0 Å². The smallest absolute Gasteiger partial charge is 0.141 e. The van der Waals surface area contributed by atoms with Gasteiger partial charge in [-0.05, 0) is 17.7 Å². The third-order valence-electron chi connectivity index (χ3n) is 1.48. The van der Waals surface area contributed by atoms with E-state index >= 15 is 0 Å². The van der Waals surface area contributed by atoms with Crippen LogP contribution in [0.2, 0.25) is 5.02 Å². The molecule has 12 heavy (non-hydrogen) atoms. The first kappa shape index (κ1) is 9.58. The zero-order valence-electron chi connectivity index (χ0n) is 6.13. The minimum absolute atomic E-state index is 0.0693. The normalized spacial score (nSPS) is 12.6. The molecule has 0 radical (unpaired) electrons. The topological polar surface area (TPSA) is 26.0 Å². The fourth-order valence-corrected chi connectivity index (χ4v) is 1.14. The van der Waals surface area contributed by atoms with Crippen LogP contribution in [0.25, 0.3) is 0 Å². The Balaban J connectivity index is 3.04. The molecule has 2 N–H and O–H groups in total. The molecule has 1 atom stereocenters. The van der Waals surface area contributed by atoms with E-state index in [1.165, 1.54) is 17.5 Å². The maximum Gasteiger partial charge on any atom is 0.141 e. The summed E-state index contributed by atoms with van der Waals surface area (Å²) in [5, 5.41) is 1.48. The minimum atomic E-state index is -0.447. The molecule has 64 valence electrons. The van der Waals surface area contributed by atoms with E-state index in [9.17, 15) is 4.39 Å². The number of benzene rings is 1. The minimum Gasteiger partial charge on any atom is -0.320 e. The van der Waals surface area contributed by atoms with Gasteiger partial charge in [0.25, 0.3) is 0 Å². The second-order valence-corrected chi connectivity index (χ2v) is 3.01. The molecule has 1 aromatic carbocycles. The van der Waals surface area contributed by atoms with Crippen molar-refractivity contribution in [3.05, 3.63) is 34.6 Å². The van der Waals surface area contributed by atoms with E-state index in [1.807, 2.05) is 0 Å². The molecule has 0 spiro atoms. The second kappa shape index (κ2) is 3.94. The Morgan fingerprint density at radius 1 is 1.58 bits per heavy atom. The molecule has 0 aliphatic rings. The molecule has 0 amide bonds. The Labute approximate surface area is 80.3 Å². The standard InChI is InChI=1S/C8H7ClFNS/c9-6-3-5(8(11)4-12)1-2-7(6)10/h1-4,8H,11H2. The van der Waals surface area contributed by atoms with Crippen molar-refractivity contribution in [3.8, 4) is 0 Å². The first-order valence-corrected chi connectivity index (χ1v) is 4.16. The van der Waals surface area contributed by atoms with Crippen LogP contribution in [0.15, 0.2) is 18.2 Å². The highest BCUT2D eigenvalue weighted by Gasteiger charge is 2.05. The first-order chi connectivity index (χ1) is 5.65. The molecule has 0 saturated heterocycles. The van der Waals surface area contributed by atoms with E-state index in [0.29, 0.717) is 0 Å². The van der Waals surface area contributed by atoms with Gasteiger partial charge < -0.3 is 5.73 Å². The number of thiocarbonyl (C=S) groups is 1. The van der Waals surface area contributed by atoms with E-state index in [0.717, 1.165) is 5.56 Å². The average Bonchev–Trinajstić information content (AvgIpc) is 2.08. The van der Waals surface area contributed by atoms with Crippen LogP contribution < -0.4 is 5.73 Å². The number of hydrogen-bond donors (Lipinski definition) is 1. The molecule has 0 bridgehead atoms. The van der Waals surface area contributed by atoms with Gasteiger partial charge in [0, 0.05) is 5.37 Å². The Bertz CT molecular complexity index is 303. The Kier molecular flexibility index (Phi) is 3.14. The third-order valence-corrected chi connectivity index (χ3v) is 2.06. The Morgan fingerprint density at radius 3 is 2.75 bits per heavy atom. The van der Waals surface area contributed by atoms with Crippen LogP contribution in [-0.2, 0) is 0 Å². The highest BCUT2D eigenvalue weighted by Crippen LogP contribution is 2.18. The van der Waals surface area contributed by atoms with E-state index in [1.54, 1.807) is 6.07 Å². The summed E-state index contributed by atoms with van der Waals surface area (Å²) in [6.07, 6.45) is 0. The fraction of sp³-hybridized carbons (Fsp3) is 0.125. The lowest BCUT2D eigenvalue weighted by molar-refractivity contribution is 0.627. The lowest BCUT2D eigenvalue weighted by Crippen LogP contribution is -2.10. The molecule has 1 rings (SSSR count). The summed E-state index contributed by atoms with van der Waals surface area (Å²) in [7, 11) is 0. The molecule has 0 aliphatic heterocycles. The fourth-order valence-electron chi connectivity index (χ4n) is 0.798. The van der Waals surface area contributed by atoms with Crippen LogP contribution in [0.1, 0.15) is 11.6 Å². The Morgan fingerprint density at radius 2 is 2.25 bits per heavy atom. The first-order valence-electron chi connectivity index (χ1n) is 3.31. The van der Waals surface area contributed by atoms with Crippen molar-refractivity contribution in [2.75, 3.05) is 0 Å². The molecule has 4 heteroatoms. The van der Waals surface area contributed by atoms with Gasteiger partial charge >= 0.3 is 0 Å². The van der Waals surface area contributed by atoms with Crippen molar-refractivity contribution < 1.29 is 4.39 Å². The predicted molar refractivity (Wildman–Crippen MR) is 52.0 cm³/mol. The van der Waals surface area contributed by atoms with Crippen LogP contribution in [-0.4, -0.2) is 5.37 Å². The van der Waals surface area contributed by atoms with Gasteiger partial charge in [-0.25, -0.2) is 4.39 Å². The van der Waals surface area contributed by atoms with Crippen LogP contribution in [0.5, 0.6) is 0 Å². The molecule has 0 aliphatic carbocycles. The van der Waals surface area contributed by atoms with Crippen LogP contribution in [0.3, 0.4) is 0 Å². The van der Waals surface area contributed by atoms with Crippen molar-refractivity contribution in [2.24, 2.45) is 5.73 Å². The number of halogens is 2. The third kappa shape index (κ3) is 2.00. The zero-order chi connectivity index (χ0) is 9.14. The summed E-state index contributed by atoms with van der Waals surface area (Å²) >= 11 is 10.2. The van der Waals surface area contributed by atoms with Crippen LogP contribution in [0.4, 0.5) is 4.39 Å². The lowest BCUT2D eigenvalue weighted by atomic mass is 10.1. The van der Waals surface area contributed by atoms with Crippen molar-refractivity contribution in [2.45, 2.75) is 6.04 Å². The molecule has 0 saturated carbocycles. The number of rotatable bonds is 2. The van der Waals surface area contributed by atoms with Gasteiger partial charge in [0.2, 0.25) is 0 Å². The Hall–Kier alpha value is -0.510. The average molecular weight is 204 g/mol. The van der Waals surface area contributed by atoms with E-state index in [-0.39, 0.29) is 11.1 Å². The molecule has 0 aromatic heterocycles. The summed E-state index contributed by atoms with van der Waals surface area (Å²) < 4.78 is 12.7. The van der Waals surface area contributed by atoms with Gasteiger partial charge in [0.15, 0.2) is 0 Å². The SMILES string of the molecule is NC(C=S)c1ccc(F)c(Cl)c1. The van der Waals surface area contributed by atoms with Gasteiger partial charge in [-0.1, -0.05) is 29.9 Å². The molecule has 1 aromatic rings. The molecular weight excluding hydrogens is 197 g/mol. The van der Waals surface area contributed by atoms with E-state index in [2.05, 4.69) is 12.2 Å². The predicted octanol–water partition coefficient (Wildman–Crippen LogP) is 2.48. The van der Waals surface area contributed by atoms with Gasteiger partial charge in [0.1, 0.15) is 5.82 Å². The van der Waals surface area contributed by atoms with E-state index in [4.69, 9.17) is 17.3 Å². The number of hydrogen-bond acceptors (Lipinski definition) is 2. The summed E-state index contributed by atoms with van der Waals surface area (Å²) in [5.74, 6) is -0.447. The highest BCUT2D eigenvalue weighted by atomic mass is 35.5. The summed E-state index contributed by atoms with van der Waals surface area (Å²) in [4.78, 5) is 0. The highest BCUT2D eigenvalue weighted by molar-refractivity contribution is 7.79.